The zero-order valence-electron chi connectivity index (χ0n) is 8.17. The molecule has 0 rings (SSSR count). The van der Waals surface area contributed by atoms with Crippen molar-refractivity contribution < 1.29 is 14.7 Å². The van der Waals surface area contributed by atoms with E-state index in [1.54, 1.807) is 0 Å². The summed E-state index contributed by atoms with van der Waals surface area (Å²) in [6.07, 6.45) is 2.31. The van der Waals surface area contributed by atoms with E-state index in [0.717, 1.165) is 19.3 Å². The molecule has 76 valence electrons. The van der Waals surface area contributed by atoms with Crippen molar-refractivity contribution in [2.75, 3.05) is 0 Å². The summed E-state index contributed by atoms with van der Waals surface area (Å²) in [4.78, 5) is 21.2. The highest BCUT2D eigenvalue weighted by molar-refractivity contribution is 5.93. The van der Waals surface area contributed by atoms with Gasteiger partial charge in [0.2, 0.25) is 5.91 Å². The van der Waals surface area contributed by atoms with Gasteiger partial charge < -0.3 is 10.4 Å². The van der Waals surface area contributed by atoms with Crippen LogP contribution in [0.5, 0.6) is 0 Å². The fourth-order valence-corrected chi connectivity index (χ4v) is 1.14. The maximum absolute atomic E-state index is 11.0. The quantitative estimate of drug-likeness (QED) is 0.613. The van der Waals surface area contributed by atoms with E-state index >= 15 is 0 Å². The van der Waals surface area contributed by atoms with Gasteiger partial charge in [-0.1, -0.05) is 20.3 Å². The number of rotatable bonds is 6. The maximum atomic E-state index is 11.0. The minimum atomic E-state index is -1.08. The van der Waals surface area contributed by atoms with Crippen LogP contribution in [0.25, 0.3) is 0 Å². The Hall–Kier alpha value is -1.06. The van der Waals surface area contributed by atoms with Gasteiger partial charge in [0.1, 0.15) is 6.42 Å². The molecule has 0 saturated carbocycles. The van der Waals surface area contributed by atoms with E-state index < -0.39 is 18.3 Å². The van der Waals surface area contributed by atoms with Crippen LogP contribution < -0.4 is 5.32 Å². The number of hydrogen-bond donors (Lipinski definition) is 2. The van der Waals surface area contributed by atoms with E-state index in [1.807, 2.05) is 13.8 Å². The van der Waals surface area contributed by atoms with E-state index in [-0.39, 0.29) is 6.04 Å². The number of hydrogen-bond acceptors (Lipinski definition) is 2. The second-order valence-corrected chi connectivity index (χ2v) is 3.03. The Bertz CT molecular complexity index is 180. The molecule has 0 radical (unpaired) electrons. The molecule has 0 spiro atoms. The normalized spacial score (nSPS) is 12.2. The standard InChI is InChI=1S/C9H17NO3/c1-3-5-7(4-2)10-8(11)6-9(12)13/h7H,3-6H2,1-2H3,(H,10,11)(H,12,13). The number of amides is 1. The zero-order chi connectivity index (χ0) is 10.3. The molecule has 2 N–H and O–H groups in total. The monoisotopic (exact) mass is 187 g/mol. The van der Waals surface area contributed by atoms with Crippen molar-refractivity contribution in [3.05, 3.63) is 0 Å². The van der Waals surface area contributed by atoms with Crippen molar-refractivity contribution in [3.63, 3.8) is 0 Å². The Kier molecular flexibility index (Phi) is 5.93. The van der Waals surface area contributed by atoms with Crippen LogP contribution in [0.4, 0.5) is 0 Å². The molecule has 0 aliphatic carbocycles. The Morgan fingerprint density at radius 3 is 2.38 bits per heavy atom. The molecule has 1 unspecified atom stereocenters. The Morgan fingerprint density at radius 2 is 2.00 bits per heavy atom. The fraction of sp³-hybridized carbons (Fsp3) is 0.778. The van der Waals surface area contributed by atoms with Crippen molar-refractivity contribution in [2.45, 2.75) is 45.6 Å². The molecule has 0 aromatic rings. The minimum absolute atomic E-state index is 0.122. The second-order valence-electron chi connectivity index (χ2n) is 3.03. The number of carbonyl (C=O) groups excluding carboxylic acids is 1. The molecule has 0 aromatic heterocycles. The lowest BCUT2D eigenvalue weighted by Gasteiger charge is -2.14. The van der Waals surface area contributed by atoms with E-state index in [1.165, 1.54) is 0 Å². The summed E-state index contributed by atoms with van der Waals surface area (Å²) in [6, 6.07) is 0.122. The molecule has 4 heteroatoms. The van der Waals surface area contributed by atoms with Crippen molar-refractivity contribution in [1.29, 1.82) is 0 Å². The van der Waals surface area contributed by atoms with Crippen LogP contribution in [0.15, 0.2) is 0 Å². The zero-order valence-corrected chi connectivity index (χ0v) is 8.17. The van der Waals surface area contributed by atoms with E-state index in [4.69, 9.17) is 5.11 Å². The van der Waals surface area contributed by atoms with Crippen LogP contribution in [-0.4, -0.2) is 23.0 Å². The lowest BCUT2D eigenvalue weighted by Crippen LogP contribution is -2.35. The number of carbonyl (C=O) groups is 2. The van der Waals surface area contributed by atoms with Gasteiger partial charge in [-0.3, -0.25) is 9.59 Å². The van der Waals surface area contributed by atoms with Gasteiger partial charge in [-0.15, -0.1) is 0 Å². The molecular formula is C9H17NO3. The van der Waals surface area contributed by atoms with E-state index in [0.29, 0.717) is 0 Å². The summed E-state index contributed by atoms with van der Waals surface area (Å²) >= 11 is 0. The average Bonchev–Trinajstić information content (AvgIpc) is 2.02. The summed E-state index contributed by atoms with van der Waals surface area (Å²) in [5.41, 5.74) is 0. The molecule has 0 aliphatic rings. The van der Waals surface area contributed by atoms with E-state index in [9.17, 15) is 9.59 Å². The van der Waals surface area contributed by atoms with Gasteiger partial charge in [0.05, 0.1) is 0 Å². The van der Waals surface area contributed by atoms with Gasteiger partial charge in [0.25, 0.3) is 0 Å². The average molecular weight is 187 g/mol. The third-order valence-corrected chi connectivity index (χ3v) is 1.81. The lowest BCUT2D eigenvalue weighted by atomic mass is 10.1. The first-order valence-corrected chi connectivity index (χ1v) is 4.61. The van der Waals surface area contributed by atoms with Gasteiger partial charge >= 0.3 is 5.97 Å². The highest BCUT2D eigenvalue weighted by Gasteiger charge is 2.11. The molecule has 1 atom stereocenters. The van der Waals surface area contributed by atoms with Crippen LogP contribution in [0.3, 0.4) is 0 Å². The molecule has 4 nitrogen and oxygen atoms in total. The number of aliphatic carboxylic acids is 1. The molecule has 0 fully saturated rings. The van der Waals surface area contributed by atoms with Crippen molar-refractivity contribution in [3.8, 4) is 0 Å². The molecule has 0 bridgehead atoms. The Balaban J connectivity index is 3.79. The predicted molar refractivity (Wildman–Crippen MR) is 49.4 cm³/mol. The Morgan fingerprint density at radius 1 is 1.38 bits per heavy atom. The van der Waals surface area contributed by atoms with E-state index in [2.05, 4.69) is 5.32 Å². The van der Waals surface area contributed by atoms with Gasteiger partial charge in [-0.05, 0) is 12.8 Å². The largest absolute Gasteiger partial charge is 0.481 e. The summed E-state index contributed by atoms with van der Waals surface area (Å²) in [7, 11) is 0. The van der Waals surface area contributed by atoms with Crippen molar-refractivity contribution in [1.82, 2.24) is 5.32 Å². The number of nitrogens with one attached hydrogen (secondary N) is 1. The summed E-state index contributed by atoms with van der Waals surface area (Å²) in [6.45, 7) is 4.01. The van der Waals surface area contributed by atoms with Crippen LogP contribution >= 0.6 is 0 Å². The first-order valence-electron chi connectivity index (χ1n) is 4.61. The van der Waals surface area contributed by atoms with Crippen LogP contribution in [0, 0.1) is 0 Å². The van der Waals surface area contributed by atoms with Crippen molar-refractivity contribution >= 4 is 11.9 Å². The molecule has 0 aromatic carbocycles. The molecule has 13 heavy (non-hydrogen) atoms. The highest BCUT2D eigenvalue weighted by atomic mass is 16.4. The molecule has 1 amide bonds. The van der Waals surface area contributed by atoms with Crippen LogP contribution in [-0.2, 0) is 9.59 Å². The summed E-state index contributed by atoms with van der Waals surface area (Å²) < 4.78 is 0. The second kappa shape index (κ2) is 6.46. The summed E-state index contributed by atoms with van der Waals surface area (Å²) in [5.74, 6) is -1.48. The van der Waals surface area contributed by atoms with Crippen molar-refractivity contribution in [2.24, 2.45) is 0 Å². The summed E-state index contributed by atoms with van der Waals surface area (Å²) in [5, 5.41) is 11.0. The lowest BCUT2D eigenvalue weighted by molar-refractivity contribution is -0.140. The molecule has 0 aliphatic heterocycles. The number of carboxylic acid groups (broad SMARTS) is 1. The SMILES string of the molecule is CCCC(CC)NC(=O)CC(=O)O. The predicted octanol–water partition coefficient (Wildman–Crippen LogP) is 1.16. The van der Waals surface area contributed by atoms with Gasteiger partial charge in [0.15, 0.2) is 0 Å². The minimum Gasteiger partial charge on any atom is -0.481 e. The van der Waals surface area contributed by atoms with Gasteiger partial charge in [-0.25, -0.2) is 0 Å². The molecule has 0 saturated heterocycles. The highest BCUT2D eigenvalue weighted by Crippen LogP contribution is 2.00. The first kappa shape index (κ1) is 11.9. The molecular weight excluding hydrogens is 170 g/mol. The topological polar surface area (TPSA) is 66.4 Å². The Labute approximate surface area is 78.3 Å². The van der Waals surface area contributed by atoms with Crippen LogP contribution in [0.1, 0.15) is 39.5 Å². The first-order chi connectivity index (χ1) is 6.10. The molecule has 0 heterocycles. The van der Waals surface area contributed by atoms with Gasteiger partial charge in [0, 0.05) is 6.04 Å². The van der Waals surface area contributed by atoms with Gasteiger partial charge in [-0.2, -0.15) is 0 Å². The third kappa shape index (κ3) is 6.13. The maximum Gasteiger partial charge on any atom is 0.312 e. The third-order valence-electron chi connectivity index (χ3n) is 1.81. The van der Waals surface area contributed by atoms with Crippen LogP contribution in [0.2, 0.25) is 0 Å². The number of carboxylic acids is 1. The smallest absolute Gasteiger partial charge is 0.312 e. The fourth-order valence-electron chi connectivity index (χ4n) is 1.14.